The van der Waals surface area contributed by atoms with Gasteiger partial charge in [0.05, 0.1) is 24.8 Å². The molecular formula is C14H20BNO3. The lowest BCUT2D eigenvalue weighted by Crippen LogP contribution is -2.41. The van der Waals surface area contributed by atoms with Crippen LogP contribution in [0.25, 0.3) is 0 Å². The van der Waals surface area contributed by atoms with E-state index in [1.54, 1.807) is 12.1 Å². The highest BCUT2D eigenvalue weighted by Crippen LogP contribution is 2.14. The molecule has 0 fully saturated rings. The van der Waals surface area contributed by atoms with Gasteiger partial charge in [-0.1, -0.05) is 39.0 Å². The predicted molar refractivity (Wildman–Crippen MR) is 75.0 cm³/mol. The van der Waals surface area contributed by atoms with Crippen molar-refractivity contribution in [2.45, 2.75) is 20.8 Å². The third kappa shape index (κ3) is 5.43. The van der Waals surface area contributed by atoms with Crippen LogP contribution in [0, 0.1) is 16.7 Å². The van der Waals surface area contributed by atoms with Crippen LogP contribution in [0.5, 0.6) is 0 Å². The first kappa shape index (κ1) is 15.7. The summed E-state index contributed by atoms with van der Waals surface area (Å²) in [4.78, 5) is 0. The molecule has 0 radical (unpaired) electrons. The molecule has 1 aromatic rings. The second-order valence-electron chi connectivity index (χ2n) is 5.50. The third-order valence-corrected chi connectivity index (χ3v) is 2.36. The zero-order valence-electron chi connectivity index (χ0n) is 11.7. The summed E-state index contributed by atoms with van der Waals surface area (Å²) in [5, 5.41) is 18.0. The van der Waals surface area contributed by atoms with Crippen molar-refractivity contribution in [3.8, 4) is 6.07 Å². The van der Waals surface area contributed by atoms with Crippen LogP contribution >= 0.6 is 0 Å². The van der Waals surface area contributed by atoms with Crippen LogP contribution in [0.2, 0.25) is 0 Å². The van der Waals surface area contributed by atoms with Gasteiger partial charge in [0.1, 0.15) is 0 Å². The number of hydrogen-bond donors (Lipinski definition) is 1. The Morgan fingerprint density at radius 1 is 1.26 bits per heavy atom. The Bertz CT molecular complexity index is 437. The van der Waals surface area contributed by atoms with Crippen LogP contribution in [0.1, 0.15) is 26.3 Å². The Balaban J connectivity index is 2.86. The molecule has 0 aromatic heterocycles. The Morgan fingerprint density at radius 2 is 1.95 bits per heavy atom. The normalized spacial score (nSPS) is 11.1. The monoisotopic (exact) mass is 261 g/mol. The van der Waals surface area contributed by atoms with Gasteiger partial charge in [0.15, 0.2) is 0 Å². The molecular weight excluding hydrogens is 241 g/mol. The molecule has 19 heavy (non-hydrogen) atoms. The van der Waals surface area contributed by atoms with Crippen molar-refractivity contribution in [2.24, 2.45) is 5.41 Å². The van der Waals surface area contributed by atoms with Crippen LogP contribution in [0.4, 0.5) is 0 Å². The average Bonchev–Trinajstić information content (AvgIpc) is 2.38. The number of rotatable bonds is 6. The standard InChI is InChI=1S/C14H20BNO3/c1-14(2,3)11-19-15(18-9-8-17)13-7-5-4-6-12(13)10-16/h4-7,17H,8-9,11H2,1-3H3. The average molecular weight is 261 g/mol. The molecule has 0 aliphatic rings. The summed E-state index contributed by atoms with van der Waals surface area (Å²) in [7, 11) is -0.623. The highest BCUT2D eigenvalue weighted by Gasteiger charge is 2.26. The van der Waals surface area contributed by atoms with E-state index in [0.717, 1.165) is 0 Å². The first-order valence-corrected chi connectivity index (χ1v) is 6.31. The molecule has 0 aliphatic carbocycles. The molecule has 0 atom stereocenters. The van der Waals surface area contributed by atoms with Gasteiger partial charge >= 0.3 is 7.12 Å². The fourth-order valence-corrected chi connectivity index (χ4v) is 1.52. The van der Waals surface area contributed by atoms with Crippen LogP contribution in [0.3, 0.4) is 0 Å². The van der Waals surface area contributed by atoms with Crippen LogP contribution < -0.4 is 5.46 Å². The summed E-state index contributed by atoms with van der Waals surface area (Å²) >= 11 is 0. The molecule has 1 N–H and O–H groups in total. The molecule has 5 heteroatoms. The van der Waals surface area contributed by atoms with Crippen molar-refractivity contribution in [3.63, 3.8) is 0 Å². The Hall–Kier alpha value is -1.35. The topological polar surface area (TPSA) is 62.5 Å². The van der Waals surface area contributed by atoms with Gasteiger partial charge in [-0.15, -0.1) is 0 Å². The summed E-state index contributed by atoms with van der Waals surface area (Å²) < 4.78 is 11.2. The van der Waals surface area contributed by atoms with Crippen LogP contribution in [-0.4, -0.2) is 32.0 Å². The van der Waals surface area contributed by atoms with E-state index >= 15 is 0 Å². The van der Waals surface area contributed by atoms with E-state index in [-0.39, 0.29) is 18.6 Å². The lowest BCUT2D eigenvalue weighted by molar-refractivity contribution is 0.129. The first-order valence-electron chi connectivity index (χ1n) is 6.31. The molecule has 1 aromatic carbocycles. The second kappa shape index (κ2) is 7.29. The maximum Gasteiger partial charge on any atom is 0.495 e. The van der Waals surface area contributed by atoms with Gasteiger partial charge in [0, 0.05) is 12.1 Å². The molecule has 4 nitrogen and oxygen atoms in total. The fourth-order valence-electron chi connectivity index (χ4n) is 1.52. The van der Waals surface area contributed by atoms with Crippen LogP contribution in [-0.2, 0) is 9.31 Å². The summed E-state index contributed by atoms with van der Waals surface area (Å²) in [5.74, 6) is 0. The van der Waals surface area contributed by atoms with E-state index in [9.17, 15) is 0 Å². The molecule has 0 amide bonds. The molecule has 1 rings (SSSR count). The van der Waals surface area contributed by atoms with Gasteiger partial charge in [-0.2, -0.15) is 5.26 Å². The van der Waals surface area contributed by atoms with E-state index in [1.165, 1.54) is 0 Å². The second-order valence-corrected chi connectivity index (χ2v) is 5.50. The molecule has 0 saturated heterocycles. The van der Waals surface area contributed by atoms with Crippen molar-refractivity contribution in [2.75, 3.05) is 19.8 Å². The van der Waals surface area contributed by atoms with Gasteiger partial charge in [0.25, 0.3) is 0 Å². The zero-order chi connectivity index (χ0) is 14.3. The third-order valence-electron chi connectivity index (χ3n) is 2.36. The Morgan fingerprint density at radius 3 is 2.53 bits per heavy atom. The minimum atomic E-state index is -0.623. The summed E-state index contributed by atoms with van der Waals surface area (Å²) in [6.07, 6.45) is 0. The smallest absolute Gasteiger partial charge is 0.407 e. The Labute approximate surface area is 115 Å². The van der Waals surface area contributed by atoms with Crippen LogP contribution in [0.15, 0.2) is 24.3 Å². The van der Waals surface area contributed by atoms with E-state index in [0.29, 0.717) is 17.6 Å². The SMILES string of the molecule is CC(C)(C)COB(OCCO)c1ccccc1C#N. The number of aliphatic hydroxyl groups excluding tert-OH is 1. The van der Waals surface area contributed by atoms with Gasteiger partial charge in [-0.05, 0) is 11.5 Å². The van der Waals surface area contributed by atoms with Gasteiger partial charge in [-0.25, -0.2) is 0 Å². The van der Waals surface area contributed by atoms with Crippen molar-refractivity contribution in [1.82, 2.24) is 0 Å². The van der Waals surface area contributed by atoms with Crippen molar-refractivity contribution < 1.29 is 14.4 Å². The minimum Gasteiger partial charge on any atom is -0.407 e. The molecule has 0 spiro atoms. The van der Waals surface area contributed by atoms with E-state index in [1.807, 2.05) is 12.1 Å². The summed E-state index contributed by atoms with van der Waals surface area (Å²) in [6, 6.07) is 9.30. The fraction of sp³-hybridized carbons (Fsp3) is 0.500. The van der Waals surface area contributed by atoms with E-state index < -0.39 is 7.12 Å². The summed E-state index contributed by atoms with van der Waals surface area (Å²) in [5.41, 5.74) is 1.23. The van der Waals surface area contributed by atoms with Gasteiger partial charge < -0.3 is 14.4 Å². The first-order chi connectivity index (χ1) is 8.98. The Kier molecular flexibility index (Phi) is 6.03. The lowest BCUT2D eigenvalue weighted by atomic mass is 9.75. The van der Waals surface area contributed by atoms with E-state index in [4.69, 9.17) is 19.7 Å². The van der Waals surface area contributed by atoms with Gasteiger partial charge in [-0.3, -0.25) is 0 Å². The number of hydrogen-bond acceptors (Lipinski definition) is 4. The molecule has 0 bridgehead atoms. The number of nitrogens with zero attached hydrogens (tertiary/aromatic N) is 1. The van der Waals surface area contributed by atoms with Gasteiger partial charge in [0.2, 0.25) is 0 Å². The quantitative estimate of drug-likeness (QED) is 0.784. The number of benzene rings is 1. The number of aliphatic hydroxyl groups is 1. The molecule has 0 aliphatic heterocycles. The zero-order valence-corrected chi connectivity index (χ0v) is 11.7. The molecule has 0 heterocycles. The largest absolute Gasteiger partial charge is 0.495 e. The van der Waals surface area contributed by atoms with Crippen molar-refractivity contribution in [3.05, 3.63) is 29.8 Å². The highest BCUT2D eigenvalue weighted by atomic mass is 16.6. The predicted octanol–water partition coefficient (Wildman–Crippen LogP) is 1.33. The maximum absolute atomic E-state index is 9.11. The van der Waals surface area contributed by atoms with Crippen molar-refractivity contribution >= 4 is 12.6 Å². The number of nitriles is 1. The van der Waals surface area contributed by atoms with E-state index in [2.05, 4.69) is 26.8 Å². The maximum atomic E-state index is 9.11. The molecule has 0 saturated carbocycles. The molecule has 0 unspecified atom stereocenters. The lowest BCUT2D eigenvalue weighted by Gasteiger charge is -2.22. The minimum absolute atomic E-state index is 0.00239. The van der Waals surface area contributed by atoms with Crippen molar-refractivity contribution in [1.29, 1.82) is 5.26 Å². The molecule has 102 valence electrons. The summed E-state index contributed by atoms with van der Waals surface area (Å²) in [6.45, 7) is 6.78. The highest BCUT2D eigenvalue weighted by molar-refractivity contribution is 6.62.